The van der Waals surface area contributed by atoms with E-state index in [4.69, 9.17) is 4.52 Å². The van der Waals surface area contributed by atoms with Crippen molar-refractivity contribution in [1.82, 2.24) is 20.4 Å². The molecule has 0 amide bonds. The first-order valence-corrected chi connectivity index (χ1v) is 5.46. The lowest BCUT2D eigenvalue weighted by Gasteiger charge is -2.30. The monoisotopic (exact) mass is 210 g/mol. The van der Waals surface area contributed by atoms with Gasteiger partial charge < -0.3 is 9.84 Å². The van der Waals surface area contributed by atoms with Gasteiger partial charge in [0.1, 0.15) is 0 Å². The maximum Gasteiger partial charge on any atom is 0.240 e. The summed E-state index contributed by atoms with van der Waals surface area (Å²) in [4.78, 5) is 6.48. The lowest BCUT2D eigenvalue weighted by atomic mass is 10.1. The molecule has 2 rings (SSSR count). The smallest absolute Gasteiger partial charge is 0.240 e. The van der Waals surface area contributed by atoms with Crippen molar-refractivity contribution < 1.29 is 4.52 Å². The molecule has 1 aliphatic rings. The van der Waals surface area contributed by atoms with E-state index in [-0.39, 0.29) is 0 Å². The number of nitrogens with zero attached hydrogens (tertiary/aromatic N) is 3. The summed E-state index contributed by atoms with van der Waals surface area (Å²) in [6, 6.07) is 0.589. The minimum atomic E-state index is 0.589. The predicted molar refractivity (Wildman–Crippen MR) is 56.4 cm³/mol. The molecule has 1 aliphatic heterocycles. The highest BCUT2D eigenvalue weighted by Crippen LogP contribution is 2.11. The molecule has 1 aromatic heterocycles. The van der Waals surface area contributed by atoms with Gasteiger partial charge >= 0.3 is 0 Å². The predicted octanol–water partition coefficient (Wildman–Crippen LogP) is 0.562. The molecule has 0 aromatic carbocycles. The Labute approximate surface area is 89.8 Å². The zero-order chi connectivity index (χ0) is 10.7. The van der Waals surface area contributed by atoms with Crippen LogP contribution in [-0.2, 0) is 6.54 Å². The SMILES string of the molecule is Cc1noc(CN(C)C2CCCNC2)n1. The summed E-state index contributed by atoms with van der Waals surface area (Å²) < 4.78 is 5.10. The zero-order valence-electron chi connectivity index (χ0n) is 9.36. The zero-order valence-corrected chi connectivity index (χ0v) is 9.36. The number of hydrogen-bond donors (Lipinski definition) is 1. The highest BCUT2D eigenvalue weighted by molar-refractivity contribution is 4.85. The van der Waals surface area contributed by atoms with Gasteiger partial charge in [0.05, 0.1) is 6.54 Å². The van der Waals surface area contributed by atoms with Crippen LogP contribution in [0.3, 0.4) is 0 Å². The van der Waals surface area contributed by atoms with Crippen molar-refractivity contribution in [3.8, 4) is 0 Å². The molecule has 2 heterocycles. The molecule has 1 aromatic rings. The minimum absolute atomic E-state index is 0.589. The fraction of sp³-hybridized carbons (Fsp3) is 0.800. The third-order valence-electron chi connectivity index (χ3n) is 2.85. The van der Waals surface area contributed by atoms with Crippen LogP contribution in [0.5, 0.6) is 0 Å². The summed E-state index contributed by atoms with van der Waals surface area (Å²) in [5.41, 5.74) is 0. The summed E-state index contributed by atoms with van der Waals surface area (Å²) in [5.74, 6) is 1.42. The first kappa shape index (κ1) is 10.6. The largest absolute Gasteiger partial charge is 0.338 e. The summed E-state index contributed by atoms with van der Waals surface area (Å²) >= 11 is 0. The van der Waals surface area contributed by atoms with Crippen molar-refractivity contribution in [1.29, 1.82) is 0 Å². The molecule has 1 fully saturated rings. The fourth-order valence-electron chi connectivity index (χ4n) is 1.96. The Hall–Kier alpha value is -0.940. The van der Waals surface area contributed by atoms with Crippen LogP contribution in [0, 0.1) is 6.92 Å². The number of nitrogens with one attached hydrogen (secondary N) is 1. The number of piperidine rings is 1. The minimum Gasteiger partial charge on any atom is -0.338 e. The van der Waals surface area contributed by atoms with Crippen LogP contribution in [-0.4, -0.2) is 41.2 Å². The Morgan fingerprint density at radius 1 is 1.60 bits per heavy atom. The maximum absolute atomic E-state index is 5.10. The summed E-state index contributed by atoms with van der Waals surface area (Å²) in [7, 11) is 2.11. The van der Waals surface area contributed by atoms with Crippen LogP contribution in [0.25, 0.3) is 0 Å². The average Bonchev–Trinajstić information content (AvgIpc) is 2.65. The van der Waals surface area contributed by atoms with E-state index in [9.17, 15) is 0 Å². The van der Waals surface area contributed by atoms with E-state index in [0.717, 1.165) is 19.6 Å². The van der Waals surface area contributed by atoms with E-state index in [2.05, 4.69) is 27.4 Å². The Balaban J connectivity index is 1.88. The van der Waals surface area contributed by atoms with Crippen molar-refractivity contribution >= 4 is 0 Å². The third kappa shape index (κ3) is 2.76. The van der Waals surface area contributed by atoms with Gasteiger partial charge in [0, 0.05) is 12.6 Å². The van der Waals surface area contributed by atoms with E-state index in [1.54, 1.807) is 0 Å². The second-order valence-corrected chi connectivity index (χ2v) is 4.15. The molecule has 1 N–H and O–H groups in total. The molecule has 0 aliphatic carbocycles. The number of hydrogen-bond acceptors (Lipinski definition) is 5. The third-order valence-corrected chi connectivity index (χ3v) is 2.85. The van der Waals surface area contributed by atoms with Gasteiger partial charge in [-0.15, -0.1) is 0 Å². The fourth-order valence-corrected chi connectivity index (χ4v) is 1.96. The topological polar surface area (TPSA) is 54.2 Å². The lowest BCUT2D eigenvalue weighted by molar-refractivity contribution is 0.174. The van der Waals surface area contributed by atoms with Crippen LogP contribution in [0.2, 0.25) is 0 Å². The molecule has 1 unspecified atom stereocenters. The van der Waals surface area contributed by atoms with Crippen LogP contribution < -0.4 is 5.32 Å². The molecular weight excluding hydrogens is 192 g/mol. The Morgan fingerprint density at radius 3 is 3.07 bits per heavy atom. The van der Waals surface area contributed by atoms with Gasteiger partial charge in [-0.05, 0) is 33.4 Å². The highest BCUT2D eigenvalue weighted by Gasteiger charge is 2.19. The van der Waals surface area contributed by atoms with Gasteiger partial charge in [0.15, 0.2) is 5.82 Å². The van der Waals surface area contributed by atoms with Gasteiger partial charge in [-0.1, -0.05) is 5.16 Å². The van der Waals surface area contributed by atoms with Crippen LogP contribution in [0.1, 0.15) is 24.6 Å². The Morgan fingerprint density at radius 2 is 2.47 bits per heavy atom. The maximum atomic E-state index is 5.10. The second-order valence-electron chi connectivity index (χ2n) is 4.15. The van der Waals surface area contributed by atoms with Gasteiger partial charge in [-0.3, -0.25) is 4.90 Å². The van der Waals surface area contributed by atoms with Crippen molar-refractivity contribution in [2.45, 2.75) is 32.4 Å². The first-order chi connectivity index (χ1) is 7.25. The lowest BCUT2D eigenvalue weighted by Crippen LogP contribution is -2.43. The highest BCUT2D eigenvalue weighted by atomic mass is 16.5. The molecule has 84 valence electrons. The van der Waals surface area contributed by atoms with Crippen molar-refractivity contribution in [3.63, 3.8) is 0 Å². The first-order valence-electron chi connectivity index (χ1n) is 5.46. The molecule has 15 heavy (non-hydrogen) atoms. The molecule has 0 radical (unpaired) electrons. The van der Waals surface area contributed by atoms with Gasteiger partial charge in [-0.2, -0.15) is 4.98 Å². The Bertz CT molecular complexity index is 306. The second kappa shape index (κ2) is 4.72. The molecule has 0 spiro atoms. The average molecular weight is 210 g/mol. The normalized spacial score (nSPS) is 22.2. The number of aryl methyl sites for hydroxylation is 1. The molecule has 0 saturated carbocycles. The van der Waals surface area contributed by atoms with Crippen LogP contribution in [0.15, 0.2) is 4.52 Å². The van der Waals surface area contributed by atoms with Crippen molar-refractivity contribution in [2.24, 2.45) is 0 Å². The summed E-state index contributed by atoms with van der Waals surface area (Å²) in [6.45, 7) is 4.79. The van der Waals surface area contributed by atoms with E-state index in [0.29, 0.717) is 17.8 Å². The van der Waals surface area contributed by atoms with Crippen molar-refractivity contribution in [3.05, 3.63) is 11.7 Å². The quantitative estimate of drug-likeness (QED) is 0.790. The van der Waals surface area contributed by atoms with E-state index < -0.39 is 0 Å². The van der Waals surface area contributed by atoms with Gasteiger partial charge in [-0.25, -0.2) is 0 Å². The van der Waals surface area contributed by atoms with Gasteiger partial charge in [0.2, 0.25) is 5.89 Å². The number of rotatable bonds is 3. The molecular formula is C10H18N4O. The van der Waals surface area contributed by atoms with E-state index in [1.165, 1.54) is 12.8 Å². The summed E-state index contributed by atoms with van der Waals surface area (Å²) in [6.07, 6.45) is 2.49. The molecule has 5 nitrogen and oxygen atoms in total. The summed E-state index contributed by atoms with van der Waals surface area (Å²) in [5, 5.41) is 7.18. The van der Waals surface area contributed by atoms with Crippen molar-refractivity contribution in [2.75, 3.05) is 20.1 Å². The molecule has 0 bridgehead atoms. The van der Waals surface area contributed by atoms with E-state index >= 15 is 0 Å². The van der Waals surface area contributed by atoms with E-state index in [1.807, 2.05) is 6.92 Å². The number of likely N-dealkylation sites (N-methyl/N-ethyl adjacent to an activating group) is 1. The Kier molecular flexibility index (Phi) is 3.33. The van der Waals surface area contributed by atoms with Gasteiger partial charge in [0.25, 0.3) is 0 Å². The molecule has 1 saturated heterocycles. The standard InChI is InChI=1S/C10H18N4O/c1-8-12-10(15-13-8)7-14(2)9-4-3-5-11-6-9/h9,11H,3-7H2,1-2H3. The van der Waals surface area contributed by atoms with Crippen LogP contribution >= 0.6 is 0 Å². The molecule has 1 atom stereocenters. The molecule has 5 heteroatoms. The van der Waals surface area contributed by atoms with Crippen LogP contribution in [0.4, 0.5) is 0 Å². The number of aromatic nitrogens is 2.